The minimum atomic E-state index is -4.94. The molecule has 0 rings (SSSR count). The normalized spacial score (nSPS) is 14.3. The topological polar surface area (TPSA) is 237 Å². The SMILES string of the molecule is CCCCCCCCCCCCCC(=O)OC[C@H](COP(=O)(O)OC[C@@H](O)COP(=O)(O)OC[C@@H](COC(=O)CCCCCCCCC)OC(=O)CCCCCCCCCCCC)OC(=O)CCCCCCCCCCCCCC(C)C. The smallest absolute Gasteiger partial charge is 0.462 e. The van der Waals surface area contributed by atoms with Gasteiger partial charge in [-0.3, -0.25) is 37.3 Å². The summed E-state index contributed by atoms with van der Waals surface area (Å²) in [6.07, 6.45) is 40.3. The van der Waals surface area contributed by atoms with Crippen LogP contribution in [0.3, 0.4) is 0 Å². The van der Waals surface area contributed by atoms with Gasteiger partial charge in [-0.2, -0.15) is 0 Å². The number of carbonyl (C=O) groups is 4. The van der Waals surface area contributed by atoms with Crippen molar-refractivity contribution in [1.29, 1.82) is 0 Å². The number of aliphatic hydroxyl groups excluding tert-OH is 1. The van der Waals surface area contributed by atoms with E-state index in [1.54, 1.807) is 0 Å². The standard InChI is InChI=1S/C63H122O17P2/c1-6-9-12-15-18-20-23-28-32-37-42-47-61(66)74-53-59(80-63(68)49-44-39-34-29-25-22-24-26-31-35-40-45-56(4)5)55-78-82(71,72)76-51-57(64)50-75-81(69,70)77-54-58(52-73-60(65)46-41-36-30-17-14-11-8-3)79-62(67)48-43-38-33-27-21-19-16-13-10-7-2/h56-59,64H,6-55H2,1-5H3,(H,69,70)(H,71,72)/t57-,58+,59+/m0/s1. The van der Waals surface area contributed by atoms with Crippen LogP contribution in [0, 0.1) is 5.92 Å². The number of rotatable bonds is 63. The first kappa shape index (κ1) is 80.1. The van der Waals surface area contributed by atoms with Gasteiger partial charge in [-0.05, 0) is 31.6 Å². The lowest BCUT2D eigenvalue weighted by Crippen LogP contribution is -2.30. The molecule has 0 aliphatic heterocycles. The first-order valence-corrected chi connectivity index (χ1v) is 36.1. The van der Waals surface area contributed by atoms with Crippen LogP contribution in [0.5, 0.6) is 0 Å². The van der Waals surface area contributed by atoms with Crippen molar-refractivity contribution in [1.82, 2.24) is 0 Å². The van der Waals surface area contributed by atoms with Gasteiger partial charge in [0.2, 0.25) is 0 Å². The Balaban J connectivity index is 5.21. The van der Waals surface area contributed by atoms with Crippen molar-refractivity contribution in [2.45, 2.75) is 335 Å². The molecular weight excluding hydrogens is 1090 g/mol. The number of ether oxygens (including phenoxy) is 4. The Morgan fingerprint density at radius 1 is 0.329 bits per heavy atom. The van der Waals surface area contributed by atoms with Crippen LogP contribution in [0.1, 0.15) is 317 Å². The molecule has 0 amide bonds. The van der Waals surface area contributed by atoms with Crippen LogP contribution >= 0.6 is 15.6 Å². The highest BCUT2D eigenvalue weighted by Gasteiger charge is 2.30. The molecule has 0 saturated carbocycles. The Hall–Kier alpha value is -1.94. The molecule has 17 nitrogen and oxygen atoms in total. The zero-order chi connectivity index (χ0) is 60.6. The Kier molecular flexibility index (Phi) is 55.5. The van der Waals surface area contributed by atoms with Gasteiger partial charge < -0.3 is 33.8 Å². The van der Waals surface area contributed by atoms with Gasteiger partial charge >= 0.3 is 39.5 Å². The molecule has 82 heavy (non-hydrogen) atoms. The van der Waals surface area contributed by atoms with Crippen LogP contribution in [0.15, 0.2) is 0 Å². The van der Waals surface area contributed by atoms with E-state index in [4.69, 9.17) is 37.0 Å². The Labute approximate surface area is 498 Å². The molecule has 2 unspecified atom stereocenters. The molecule has 3 N–H and O–H groups in total. The van der Waals surface area contributed by atoms with Crippen LogP contribution in [0.4, 0.5) is 0 Å². The molecule has 0 fully saturated rings. The van der Waals surface area contributed by atoms with Gasteiger partial charge in [-0.15, -0.1) is 0 Å². The summed E-state index contributed by atoms with van der Waals surface area (Å²) in [4.78, 5) is 72.0. The van der Waals surface area contributed by atoms with Gasteiger partial charge in [-0.25, -0.2) is 9.13 Å². The second-order valence-corrected chi connectivity index (χ2v) is 26.2. The third kappa shape index (κ3) is 57.2. The van der Waals surface area contributed by atoms with Crippen LogP contribution in [0.25, 0.3) is 0 Å². The summed E-state index contributed by atoms with van der Waals surface area (Å²) in [5.74, 6) is -1.37. The quantitative estimate of drug-likeness (QED) is 0.0222. The van der Waals surface area contributed by atoms with Gasteiger partial charge in [0, 0.05) is 25.7 Å². The zero-order valence-corrected chi connectivity index (χ0v) is 54.4. The van der Waals surface area contributed by atoms with Crippen molar-refractivity contribution in [2.75, 3.05) is 39.6 Å². The molecule has 0 spiro atoms. The number of phosphoric acid groups is 2. The number of esters is 4. The minimum Gasteiger partial charge on any atom is -0.462 e. The van der Waals surface area contributed by atoms with E-state index in [1.165, 1.54) is 128 Å². The van der Waals surface area contributed by atoms with E-state index in [1.807, 2.05) is 0 Å². The van der Waals surface area contributed by atoms with Crippen molar-refractivity contribution >= 4 is 39.5 Å². The summed E-state index contributed by atoms with van der Waals surface area (Å²) >= 11 is 0. The van der Waals surface area contributed by atoms with Crippen LogP contribution < -0.4 is 0 Å². The Morgan fingerprint density at radius 2 is 0.561 bits per heavy atom. The van der Waals surface area contributed by atoms with Crippen LogP contribution in [-0.4, -0.2) is 96.7 Å². The van der Waals surface area contributed by atoms with Gasteiger partial charge in [-0.1, -0.05) is 266 Å². The maximum atomic E-state index is 13.0. The predicted octanol–water partition coefficient (Wildman–Crippen LogP) is 17.4. The van der Waals surface area contributed by atoms with Crippen molar-refractivity contribution in [3.05, 3.63) is 0 Å². The van der Waals surface area contributed by atoms with E-state index in [0.717, 1.165) is 109 Å². The molecule has 0 radical (unpaired) electrons. The van der Waals surface area contributed by atoms with E-state index in [9.17, 15) is 43.2 Å². The predicted molar refractivity (Wildman–Crippen MR) is 326 cm³/mol. The van der Waals surface area contributed by atoms with E-state index >= 15 is 0 Å². The van der Waals surface area contributed by atoms with E-state index < -0.39 is 97.5 Å². The summed E-state index contributed by atoms with van der Waals surface area (Å²) in [5, 5.41) is 10.5. The maximum absolute atomic E-state index is 13.0. The van der Waals surface area contributed by atoms with Gasteiger partial charge in [0.25, 0.3) is 0 Å². The molecule has 0 aromatic rings. The summed E-state index contributed by atoms with van der Waals surface area (Å²) in [7, 11) is -9.88. The van der Waals surface area contributed by atoms with Crippen LogP contribution in [-0.2, 0) is 65.4 Å². The molecule has 0 saturated heterocycles. The second kappa shape index (κ2) is 56.8. The lowest BCUT2D eigenvalue weighted by Gasteiger charge is -2.21. The molecule has 0 aliphatic rings. The molecule has 5 atom stereocenters. The molecular formula is C63H122O17P2. The molecule has 0 aromatic heterocycles. The summed E-state index contributed by atoms with van der Waals surface area (Å²) in [6.45, 7) is 7.14. The number of unbranched alkanes of at least 4 members (excludes halogenated alkanes) is 35. The zero-order valence-electron chi connectivity index (χ0n) is 52.6. The lowest BCUT2D eigenvalue weighted by molar-refractivity contribution is -0.161. The maximum Gasteiger partial charge on any atom is 0.472 e. The van der Waals surface area contributed by atoms with Crippen molar-refractivity contribution in [3.63, 3.8) is 0 Å². The first-order valence-electron chi connectivity index (χ1n) is 33.1. The van der Waals surface area contributed by atoms with Gasteiger partial charge in [0.05, 0.1) is 26.4 Å². The molecule has 0 bridgehead atoms. The van der Waals surface area contributed by atoms with E-state index in [0.29, 0.717) is 25.7 Å². The number of phosphoric ester groups is 2. The molecule has 0 aromatic carbocycles. The lowest BCUT2D eigenvalue weighted by atomic mass is 10.0. The fourth-order valence-corrected chi connectivity index (χ4v) is 11.0. The molecule has 486 valence electrons. The van der Waals surface area contributed by atoms with E-state index in [2.05, 4.69) is 34.6 Å². The fraction of sp³-hybridized carbons (Fsp3) is 0.937. The van der Waals surface area contributed by atoms with Crippen molar-refractivity contribution < 1.29 is 80.2 Å². The van der Waals surface area contributed by atoms with Crippen LogP contribution in [0.2, 0.25) is 0 Å². The highest BCUT2D eigenvalue weighted by atomic mass is 31.2. The van der Waals surface area contributed by atoms with Crippen molar-refractivity contribution in [2.24, 2.45) is 5.92 Å². The Bertz CT molecular complexity index is 1600. The third-order valence-corrected chi connectivity index (χ3v) is 16.4. The van der Waals surface area contributed by atoms with Gasteiger partial charge in [0.15, 0.2) is 12.2 Å². The van der Waals surface area contributed by atoms with Crippen molar-refractivity contribution in [3.8, 4) is 0 Å². The average molecular weight is 1210 g/mol. The number of carbonyl (C=O) groups excluding carboxylic acids is 4. The summed E-state index contributed by atoms with van der Waals surface area (Å²) < 4.78 is 67.9. The highest BCUT2D eigenvalue weighted by Crippen LogP contribution is 2.45. The molecule has 19 heteroatoms. The number of hydrogen-bond donors (Lipinski definition) is 3. The number of hydrogen-bond acceptors (Lipinski definition) is 15. The van der Waals surface area contributed by atoms with Gasteiger partial charge in [0.1, 0.15) is 19.3 Å². The second-order valence-electron chi connectivity index (χ2n) is 23.3. The minimum absolute atomic E-state index is 0.106. The van der Waals surface area contributed by atoms with E-state index in [-0.39, 0.29) is 25.7 Å². The largest absolute Gasteiger partial charge is 0.472 e. The summed E-state index contributed by atoms with van der Waals surface area (Å²) in [5.41, 5.74) is 0. The summed E-state index contributed by atoms with van der Waals surface area (Å²) in [6, 6.07) is 0. The average Bonchev–Trinajstić information content (AvgIpc) is 3.45. The highest BCUT2D eigenvalue weighted by molar-refractivity contribution is 7.47. The first-order chi connectivity index (χ1) is 39.5. The third-order valence-electron chi connectivity index (χ3n) is 14.5. The fourth-order valence-electron chi connectivity index (χ4n) is 9.41. The molecule has 0 heterocycles. The Morgan fingerprint density at radius 3 is 0.829 bits per heavy atom. The molecule has 0 aliphatic carbocycles. The monoisotopic (exact) mass is 1210 g/mol. The number of aliphatic hydroxyl groups is 1.